The number of aromatic nitrogens is 2. The normalized spacial score (nSPS) is 12.1. The predicted molar refractivity (Wildman–Crippen MR) is 196 cm³/mol. The molecule has 2 aromatic heterocycles. The van der Waals surface area contributed by atoms with Gasteiger partial charge in [-0.15, -0.1) is 0 Å². The van der Waals surface area contributed by atoms with Crippen molar-refractivity contribution in [3.8, 4) is 44.5 Å². The van der Waals surface area contributed by atoms with Crippen LogP contribution in [0, 0.1) is 0 Å². The van der Waals surface area contributed by atoms with Gasteiger partial charge in [-0.1, -0.05) is 139 Å². The summed E-state index contributed by atoms with van der Waals surface area (Å²) in [5, 5.41) is 2.23. The summed E-state index contributed by atoms with van der Waals surface area (Å²) in [6.07, 6.45) is 0. The molecule has 0 radical (unpaired) electrons. The number of hydrogen-bond donors (Lipinski definition) is 0. The number of hydrogen-bond acceptors (Lipinski definition) is 2. The summed E-state index contributed by atoms with van der Waals surface area (Å²) in [4.78, 5) is 10.6. The van der Waals surface area contributed by atoms with Crippen LogP contribution in [0.2, 0.25) is 0 Å². The second-order valence-electron chi connectivity index (χ2n) is 14.4. The lowest BCUT2D eigenvalue weighted by molar-refractivity contribution is 0.570. The second-order valence-corrected chi connectivity index (χ2v) is 14.4. The Hall–Kier alpha value is -5.08. The summed E-state index contributed by atoms with van der Waals surface area (Å²) in [6, 6.07) is 48.3. The van der Waals surface area contributed by atoms with Crippen LogP contribution in [-0.4, -0.2) is 9.97 Å². The first kappa shape index (κ1) is 29.6. The molecule has 0 atom stereocenters. The van der Waals surface area contributed by atoms with E-state index in [1.807, 2.05) is 0 Å². The second kappa shape index (κ2) is 11.4. The van der Waals surface area contributed by atoms with Crippen molar-refractivity contribution in [2.45, 2.75) is 52.4 Å². The summed E-state index contributed by atoms with van der Waals surface area (Å²) in [5.41, 5.74) is 13.4. The molecule has 0 aliphatic heterocycles. The highest BCUT2D eigenvalue weighted by Crippen LogP contribution is 2.40. The lowest BCUT2D eigenvalue weighted by atomic mass is 9.86. The zero-order chi connectivity index (χ0) is 32.1. The molecule has 0 aliphatic rings. The van der Waals surface area contributed by atoms with Crippen LogP contribution in [0.3, 0.4) is 0 Å². The van der Waals surface area contributed by atoms with Gasteiger partial charge in [0.2, 0.25) is 0 Å². The standard InChI is InChI=1S/C44H40N2/c1-43(2,3)39-23-21-31-20-22-37-38(28-40(44(4,5)6)46-42(37)41(31)45-39)36-26-34(30-16-11-8-12-17-30)25-35(27-36)33-19-13-18-32(24-33)29-14-9-7-10-15-29/h7-28H,1-6H3. The van der Waals surface area contributed by atoms with Gasteiger partial charge in [-0.05, 0) is 80.9 Å². The smallest absolute Gasteiger partial charge is 0.0974 e. The third-order valence-electron chi connectivity index (χ3n) is 8.83. The predicted octanol–water partition coefficient (Wildman–Crippen LogP) is 12.0. The summed E-state index contributed by atoms with van der Waals surface area (Å²) in [7, 11) is 0. The summed E-state index contributed by atoms with van der Waals surface area (Å²) >= 11 is 0. The zero-order valence-corrected chi connectivity index (χ0v) is 27.6. The molecule has 2 heterocycles. The van der Waals surface area contributed by atoms with E-state index in [9.17, 15) is 0 Å². The summed E-state index contributed by atoms with van der Waals surface area (Å²) < 4.78 is 0. The first-order chi connectivity index (χ1) is 22.0. The Morgan fingerprint density at radius 2 is 0.848 bits per heavy atom. The molecule has 226 valence electrons. The van der Waals surface area contributed by atoms with Gasteiger partial charge in [-0.2, -0.15) is 0 Å². The van der Waals surface area contributed by atoms with Crippen LogP contribution in [0.15, 0.2) is 133 Å². The minimum atomic E-state index is -0.142. The van der Waals surface area contributed by atoms with Gasteiger partial charge >= 0.3 is 0 Å². The van der Waals surface area contributed by atoms with Crippen LogP contribution in [0.25, 0.3) is 66.3 Å². The molecule has 0 saturated carbocycles. The first-order valence-electron chi connectivity index (χ1n) is 16.2. The van der Waals surface area contributed by atoms with Gasteiger partial charge in [0.1, 0.15) is 0 Å². The highest BCUT2D eigenvalue weighted by molar-refractivity contribution is 6.09. The van der Waals surface area contributed by atoms with E-state index in [-0.39, 0.29) is 10.8 Å². The number of nitrogens with zero attached hydrogens (tertiary/aromatic N) is 2. The summed E-state index contributed by atoms with van der Waals surface area (Å²) in [5.74, 6) is 0. The Morgan fingerprint density at radius 3 is 1.48 bits per heavy atom. The molecule has 0 aliphatic carbocycles. The van der Waals surface area contributed by atoms with E-state index in [0.717, 1.165) is 33.2 Å². The van der Waals surface area contributed by atoms with Crippen molar-refractivity contribution in [1.29, 1.82) is 0 Å². The van der Waals surface area contributed by atoms with Gasteiger partial charge < -0.3 is 0 Å². The lowest BCUT2D eigenvalue weighted by Crippen LogP contribution is -2.15. The molecule has 2 nitrogen and oxygen atoms in total. The molecule has 7 rings (SSSR count). The maximum Gasteiger partial charge on any atom is 0.0974 e. The summed E-state index contributed by atoms with van der Waals surface area (Å²) in [6.45, 7) is 13.4. The highest BCUT2D eigenvalue weighted by atomic mass is 14.8. The number of rotatable bonds is 4. The van der Waals surface area contributed by atoms with Gasteiger partial charge in [-0.3, -0.25) is 0 Å². The van der Waals surface area contributed by atoms with Crippen molar-refractivity contribution in [2.24, 2.45) is 0 Å². The average molecular weight is 597 g/mol. The largest absolute Gasteiger partial charge is 0.250 e. The van der Waals surface area contributed by atoms with Crippen molar-refractivity contribution in [3.63, 3.8) is 0 Å². The molecule has 0 fully saturated rings. The number of pyridine rings is 2. The van der Waals surface area contributed by atoms with Crippen molar-refractivity contribution >= 4 is 21.8 Å². The minimum absolute atomic E-state index is 0.0615. The maximum absolute atomic E-state index is 5.33. The van der Waals surface area contributed by atoms with Crippen LogP contribution in [0.5, 0.6) is 0 Å². The Kier molecular flexibility index (Phi) is 7.32. The molecule has 5 aromatic carbocycles. The van der Waals surface area contributed by atoms with Crippen LogP contribution >= 0.6 is 0 Å². The minimum Gasteiger partial charge on any atom is -0.250 e. The molecule has 0 bridgehead atoms. The topological polar surface area (TPSA) is 25.8 Å². The van der Waals surface area contributed by atoms with Crippen LogP contribution < -0.4 is 0 Å². The molecule has 46 heavy (non-hydrogen) atoms. The quantitative estimate of drug-likeness (QED) is 0.189. The van der Waals surface area contributed by atoms with E-state index in [1.165, 1.54) is 44.5 Å². The molecule has 0 amide bonds. The Labute approximate surface area is 272 Å². The monoisotopic (exact) mass is 596 g/mol. The van der Waals surface area contributed by atoms with E-state index < -0.39 is 0 Å². The van der Waals surface area contributed by atoms with E-state index >= 15 is 0 Å². The van der Waals surface area contributed by atoms with E-state index in [1.54, 1.807) is 0 Å². The maximum atomic E-state index is 5.33. The molecule has 0 spiro atoms. The van der Waals surface area contributed by atoms with E-state index in [4.69, 9.17) is 9.97 Å². The molecule has 7 aromatic rings. The highest BCUT2D eigenvalue weighted by Gasteiger charge is 2.22. The van der Waals surface area contributed by atoms with Crippen LogP contribution in [0.1, 0.15) is 52.9 Å². The van der Waals surface area contributed by atoms with Crippen molar-refractivity contribution < 1.29 is 0 Å². The fourth-order valence-electron chi connectivity index (χ4n) is 6.17. The molecule has 0 N–H and O–H groups in total. The average Bonchev–Trinajstić information content (AvgIpc) is 3.07. The zero-order valence-electron chi connectivity index (χ0n) is 27.6. The van der Waals surface area contributed by atoms with E-state index in [0.29, 0.717) is 0 Å². The van der Waals surface area contributed by atoms with Gasteiger partial charge in [0, 0.05) is 33.0 Å². The van der Waals surface area contributed by atoms with Crippen LogP contribution in [0.4, 0.5) is 0 Å². The number of fused-ring (bicyclic) bond motifs is 3. The van der Waals surface area contributed by atoms with Gasteiger partial charge in [0.25, 0.3) is 0 Å². The van der Waals surface area contributed by atoms with Gasteiger partial charge in [0.15, 0.2) is 0 Å². The SMILES string of the molecule is CC(C)(C)c1ccc2ccc3c(-c4cc(-c5ccccc5)cc(-c5cccc(-c6ccccc6)c5)c4)cc(C(C)(C)C)nc3c2n1. The molecule has 0 unspecified atom stereocenters. The molecule has 0 saturated heterocycles. The fourth-order valence-corrected chi connectivity index (χ4v) is 6.17. The lowest BCUT2D eigenvalue weighted by Gasteiger charge is -2.22. The van der Waals surface area contributed by atoms with Gasteiger partial charge in [0.05, 0.1) is 11.0 Å². The molecular weight excluding hydrogens is 556 g/mol. The third kappa shape index (κ3) is 5.72. The van der Waals surface area contributed by atoms with Crippen LogP contribution in [-0.2, 0) is 10.8 Å². The Morgan fingerprint density at radius 1 is 0.370 bits per heavy atom. The van der Waals surface area contributed by atoms with E-state index in [2.05, 4.69) is 175 Å². The number of benzene rings is 5. The van der Waals surface area contributed by atoms with Crippen molar-refractivity contribution in [2.75, 3.05) is 0 Å². The van der Waals surface area contributed by atoms with Crippen molar-refractivity contribution in [3.05, 3.63) is 145 Å². The first-order valence-corrected chi connectivity index (χ1v) is 16.2. The van der Waals surface area contributed by atoms with Crippen molar-refractivity contribution in [1.82, 2.24) is 9.97 Å². The molecular formula is C44H40N2. The fraction of sp³-hybridized carbons (Fsp3) is 0.182. The Bertz CT molecular complexity index is 2200. The van der Waals surface area contributed by atoms with Gasteiger partial charge in [-0.25, -0.2) is 9.97 Å². The third-order valence-corrected chi connectivity index (χ3v) is 8.83. The molecule has 2 heteroatoms. The Balaban J connectivity index is 1.51.